The average Bonchev–Trinajstić information content (AvgIpc) is 2.56. The zero-order valence-electron chi connectivity index (χ0n) is 11.6. The molecule has 0 saturated heterocycles. The number of ether oxygens (including phenoxy) is 1. The Balaban J connectivity index is 2.23. The Morgan fingerprint density at radius 1 is 1.27 bits per heavy atom. The number of benzene rings is 1. The van der Waals surface area contributed by atoms with E-state index in [1.807, 2.05) is 6.07 Å². The van der Waals surface area contributed by atoms with Gasteiger partial charge in [-0.3, -0.25) is 15.0 Å². The van der Waals surface area contributed by atoms with E-state index in [1.165, 1.54) is 4.90 Å². The van der Waals surface area contributed by atoms with Gasteiger partial charge in [-0.2, -0.15) is 0 Å². The van der Waals surface area contributed by atoms with Crippen LogP contribution in [0.1, 0.15) is 0 Å². The van der Waals surface area contributed by atoms with Crippen LogP contribution in [-0.4, -0.2) is 37.5 Å². The third-order valence-electron chi connectivity index (χ3n) is 2.29. The molecular weight excluding hydrogens is 334 g/mol. The Morgan fingerprint density at radius 3 is 2.59 bits per heavy atom. The van der Waals surface area contributed by atoms with Gasteiger partial charge >= 0.3 is 6.16 Å². The van der Waals surface area contributed by atoms with E-state index in [-0.39, 0.29) is 5.88 Å². The molecule has 2 amide bonds. The van der Waals surface area contributed by atoms with Gasteiger partial charge < -0.3 is 13.8 Å². The summed E-state index contributed by atoms with van der Waals surface area (Å²) in [6.45, 7) is -0.473. The van der Waals surface area contributed by atoms with Crippen molar-refractivity contribution in [3.8, 4) is 0 Å². The first-order valence-electron chi connectivity index (χ1n) is 5.96. The number of anilines is 1. The fourth-order valence-corrected chi connectivity index (χ4v) is 1.58. The lowest BCUT2D eigenvalue weighted by molar-refractivity contribution is -0.121. The highest BCUT2D eigenvalue weighted by Crippen LogP contribution is 2.11. The average molecular weight is 348 g/mol. The zero-order valence-corrected chi connectivity index (χ0v) is 13.1. The summed E-state index contributed by atoms with van der Waals surface area (Å²) < 4.78 is 9.12. The maximum absolute atomic E-state index is 11.8. The van der Waals surface area contributed by atoms with Gasteiger partial charge in [0.2, 0.25) is 5.91 Å². The highest BCUT2D eigenvalue weighted by Gasteiger charge is 2.14. The van der Waals surface area contributed by atoms with E-state index in [1.54, 1.807) is 31.3 Å². The largest absolute Gasteiger partial charge is 0.522 e. The quantitative estimate of drug-likeness (QED) is 0.191. The van der Waals surface area contributed by atoms with Crippen LogP contribution in [-0.2, 0) is 18.5 Å². The van der Waals surface area contributed by atoms with Crippen molar-refractivity contribution in [1.29, 1.82) is 0 Å². The minimum absolute atomic E-state index is 0.238. The van der Waals surface area contributed by atoms with Gasteiger partial charge in [0.15, 0.2) is 18.8 Å². The fraction of sp³-hybridized carbons (Fsp3) is 0.250. The Morgan fingerprint density at radius 2 is 1.95 bits per heavy atom. The van der Waals surface area contributed by atoms with Crippen LogP contribution in [0.2, 0.25) is 0 Å². The van der Waals surface area contributed by atoms with Crippen molar-refractivity contribution in [2.75, 3.05) is 24.4 Å². The molecule has 0 unspecified atom stereocenters. The van der Waals surface area contributed by atoms with E-state index in [0.29, 0.717) is 17.9 Å². The summed E-state index contributed by atoms with van der Waals surface area (Å²) >= 11 is 5.64. The monoisotopic (exact) mass is 347 g/mol. The van der Waals surface area contributed by atoms with Crippen molar-refractivity contribution >= 4 is 47.5 Å². The number of hydrogen-bond donors (Lipinski definition) is 2. The molecule has 1 aromatic rings. The Labute approximate surface area is 136 Å². The van der Waals surface area contributed by atoms with Crippen molar-refractivity contribution in [3.05, 3.63) is 30.3 Å². The molecule has 1 aromatic carbocycles. The van der Waals surface area contributed by atoms with Crippen LogP contribution in [0.25, 0.3) is 0 Å². The highest BCUT2D eigenvalue weighted by atomic mass is 35.5. The lowest BCUT2D eigenvalue weighted by Gasteiger charge is -2.16. The predicted octanol–water partition coefficient (Wildman–Crippen LogP) is 1.23. The second-order valence-corrected chi connectivity index (χ2v) is 4.58. The van der Waals surface area contributed by atoms with Crippen LogP contribution < -0.4 is 15.2 Å². The molecule has 0 radical (unpaired) electrons. The summed E-state index contributed by atoms with van der Waals surface area (Å²) in [5.74, 6) is -1.15. The molecule has 120 valence electrons. The number of likely N-dealkylation sites (N-methyl/N-ethyl adjacent to an activating group) is 1. The van der Waals surface area contributed by atoms with Gasteiger partial charge in [0, 0.05) is 12.7 Å². The van der Waals surface area contributed by atoms with Gasteiger partial charge in [-0.05, 0) is 12.1 Å². The van der Waals surface area contributed by atoms with E-state index in [0.717, 1.165) is 0 Å². The second-order valence-electron chi connectivity index (χ2n) is 3.78. The van der Waals surface area contributed by atoms with Crippen molar-refractivity contribution in [1.82, 2.24) is 10.3 Å². The fourth-order valence-electron chi connectivity index (χ4n) is 1.20. The van der Waals surface area contributed by atoms with E-state index in [2.05, 4.69) is 19.2 Å². The Bertz CT molecular complexity index is 517. The lowest BCUT2D eigenvalue weighted by atomic mass is 10.3. The maximum atomic E-state index is 11.8. The summed E-state index contributed by atoms with van der Waals surface area (Å²) in [6.07, 6.45) is -1.08. The molecule has 22 heavy (non-hydrogen) atoms. The molecule has 0 aliphatic rings. The number of nitrogens with one attached hydrogen (secondary N) is 2. The van der Waals surface area contributed by atoms with Crippen LogP contribution in [0.4, 0.5) is 10.5 Å². The summed E-state index contributed by atoms with van der Waals surface area (Å²) in [7, 11) is 1.56. The molecule has 0 aromatic heterocycles. The van der Waals surface area contributed by atoms with E-state index in [9.17, 15) is 14.4 Å². The second kappa shape index (κ2) is 9.87. The third kappa shape index (κ3) is 6.66. The minimum Gasteiger partial charge on any atom is -0.423 e. The van der Waals surface area contributed by atoms with E-state index < -0.39 is 24.6 Å². The molecule has 0 heterocycles. The number of halogens is 1. The molecule has 0 saturated carbocycles. The molecular formula is C12H14ClN3O5S. The van der Waals surface area contributed by atoms with Gasteiger partial charge in [-0.25, -0.2) is 4.79 Å². The molecule has 2 N–H and O–H groups in total. The number of rotatable bonds is 7. The highest BCUT2D eigenvalue weighted by molar-refractivity contribution is 7.93. The topological polar surface area (TPSA) is 97.0 Å². The Kier molecular flexibility index (Phi) is 8.11. The van der Waals surface area contributed by atoms with Gasteiger partial charge in [0.1, 0.15) is 5.88 Å². The zero-order chi connectivity index (χ0) is 16.4. The van der Waals surface area contributed by atoms with Crippen LogP contribution in [0.15, 0.2) is 30.3 Å². The number of alkyl halides is 1. The Hall–Kier alpha value is -1.97. The number of hydrogen-bond acceptors (Lipinski definition) is 7. The maximum Gasteiger partial charge on any atom is 0.522 e. The number of para-hydroxylation sites is 1. The van der Waals surface area contributed by atoms with E-state index >= 15 is 0 Å². The molecule has 10 heteroatoms. The third-order valence-corrected chi connectivity index (χ3v) is 2.94. The van der Waals surface area contributed by atoms with Crippen molar-refractivity contribution in [2.45, 2.75) is 0 Å². The smallest absolute Gasteiger partial charge is 0.423 e. The summed E-state index contributed by atoms with van der Waals surface area (Å²) in [4.78, 5) is 37.3. The van der Waals surface area contributed by atoms with Gasteiger partial charge in [-0.15, -0.1) is 16.4 Å². The lowest BCUT2D eigenvalue weighted by Crippen LogP contribution is -2.34. The van der Waals surface area contributed by atoms with Crippen molar-refractivity contribution in [2.24, 2.45) is 0 Å². The van der Waals surface area contributed by atoms with Crippen LogP contribution in [0.5, 0.6) is 0 Å². The van der Waals surface area contributed by atoms with E-state index in [4.69, 9.17) is 11.6 Å². The molecule has 0 aliphatic carbocycles. The van der Waals surface area contributed by atoms with Crippen LogP contribution >= 0.6 is 23.8 Å². The first-order chi connectivity index (χ1) is 10.5. The van der Waals surface area contributed by atoms with Gasteiger partial charge in [0.25, 0.3) is 5.91 Å². The molecule has 0 atom stereocenters. The number of nitrogens with zero attached hydrogens (tertiary/aromatic N) is 1. The predicted molar refractivity (Wildman–Crippen MR) is 81.9 cm³/mol. The van der Waals surface area contributed by atoms with Gasteiger partial charge in [0.05, 0.1) is 0 Å². The standard InChI is InChI=1S/C12H14ClN3O5S/c1-16(9-5-3-2-4-6-9)11(18)8-20-12(19)21-22-15-14-10(17)7-13/h2-6,15H,7-8H2,1H3,(H,14,17). The number of carbonyl (C=O) groups excluding carboxylic acids is 3. The number of carbonyl (C=O) groups is 3. The number of amides is 2. The van der Waals surface area contributed by atoms with Crippen LogP contribution in [0, 0.1) is 0 Å². The molecule has 0 fully saturated rings. The minimum atomic E-state index is -1.08. The first-order valence-corrected chi connectivity index (χ1v) is 7.24. The normalized spacial score (nSPS) is 9.73. The van der Waals surface area contributed by atoms with Crippen LogP contribution in [0.3, 0.4) is 0 Å². The molecule has 8 nitrogen and oxygen atoms in total. The summed E-state index contributed by atoms with van der Waals surface area (Å²) in [6, 6.07) is 8.88. The van der Waals surface area contributed by atoms with Crippen molar-refractivity contribution < 1.29 is 23.3 Å². The van der Waals surface area contributed by atoms with Gasteiger partial charge in [-0.1, -0.05) is 18.2 Å². The summed E-state index contributed by atoms with van der Waals surface area (Å²) in [5, 5.41) is 0. The number of hydrazine groups is 1. The van der Waals surface area contributed by atoms with Crippen molar-refractivity contribution in [3.63, 3.8) is 0 Å². The molecule has 1 rings (SSSR count). The summed E-state index contributed by atoms with van der Waals surface area (Å²) in [5.41, 5.74) is 2.80. The SMILES string of the molecule is CN(C(=O)COC(=O)OSNNC(=O)CCl)c1ccccc1. The first kappa shape index (κ1) is 18.1. The molecule has 0 spiro atoms. The molecule has 0 bridgehead atoms. The molecule has 0 aliphatic heterocycles.